The molecule has 0 heterocycles. The standard InChI is InChI=1S/C89H148O16P2/c1-4-7-10-13-16-19-22-25-28-30-32-34-36-38-39-40-41-42-43-45-47-48-50-52-55-57-60-63-66-69-72-75-87(92)99-78-84(90)79-101-106(95,96)102-80-85(91)81-103-107(97,98)104-83-86(105-89(94)77-74-71-68-65-62-59-54-27-24-21-18-15-12-9-6-3)82-100-88(93)76-73-70-67-64-61-58-56-53-51-49-46-44-37-35-33-31-29-26-23-20-17-14-11-8-5-2/h7-12,16-21,25-29,32-35,38-39,44,46,51,53-54,84-86,90-91H,4-6,13-15,22-24,30-31,36-37,40-43,45,47-50,52,55-83H2,1-3H3,(H,95,96)(H,97,98)/b10-7-,11-8-,12-9-,19-16-,20-17-,21-18-,28-25-,29-26-,34-32-,35-33-,39-38-,46-44-,53-51-,54-27-. The molecule has 107 heavy (non-hydrogen) atoms. The molecule has 4 N–H and O–H groups in total. The summed E-state index contributed by atoms with van der Waals surface area (Å²) in [5.74, 6) is -1.61. The van der Waals surface area contributed by atoms with Gasteiger partial charge in [0.2, 0.25) is 0 Å². The van der Waals surface area contributed by atoms with Crippen molar-refractivity contribution in [2.24, 2.45) is 0 Å². The van der Waals surface area contributed by atoms with Crippen LogP contribution in [0.25, 0.3) is 0 Å². The number of hydrogen-bond donors (Lipinski definition) is 4. The van der Waals surface area contributed by atoms with E-state index in [4.69, 9.17) is 32.3 Å². The zero-order valence-electron chi connectivity index (χ0n) is 66.7. The molecule has 16 nitrogen and oxygen atoms in total. The molecule has 0 bridgehead atoms. The van der Waals surface area contributed by atoms with Crippen molar-refractivity contribution in [3.05, 3.63) is 170 Å². The third kappa shape index (κ3) is 81.7. The lowest BCUT2D eigenvalue weighted by molar-refractivity contribution is -0.161. The normalized spacial score (nSPS) is 14.8. The van der Waals surface area contributed by atoms with Gasteiger partial charge in [-0.2, -0.15) is 0 Å². The number of hydrogen-bond acceptors (Lipinski definition) is 14. The maximum atomic E-state index is 13.0. The van der Waals surface area contributed by atoms with E-state index >= 15 is 0 Å². The van der Waals surface area contributed by atoms with Crippen molar-refractivity contribution in [1.82, 2.24) is 0 Å². The smallest absolute Gasteiger partial charge is 0.463 e. The summed E-state index contributed by atoms with van der Waals surface area (Å²) in [6.45, 7) is 2.31. The summed E-state index contributed by atoms with van der Waals surface area (Å²) in [6, 6.07) is 0. The monoisotopic (exact) mass is 1540 g/mol. The Kier molecular flexibility index (Phi) is 76.6. The Labute approximate surface area is 650 Å². The first kappa shape index (κ1) is 102. The van der Waals surface area contributed by atoms with Gasteiger partial charge in [0.05, 0.1) is 26.4 Å². The zero-order valence-corrected chi connectivity index (χ0v) is 68.5. The van der Waals surface area contributed by atoms with E-state index in [1.807, 2.05) is 0 Å². The largest absolute Gasteiger partial charge is 0.472 e. The van der Waals surface area contributed by atoms with Crippen molar-refractivity contribution >= 4 is 33.6 Å². The molecular weight excluding hydrogens is 1390 g/mol. The van der Waals surface area contributed by atoms with E-state index in [9.17, 15) is 43.5 Å². The predicted octanol–water partition coefficient (Wildman–Crippen LogP) is 24.8. The van der Waals surface area contributed by atoms with E-state index < -0.39 is 91.5 Å². The molecular formula is C89H148O16P2. The Balaban J connectivity index is 4.53. The Bertz CT molecular complexity index is 2620. The van der Waals surface area contributed by atoms with E-state index in [1.165, 1.54) is 77.0 Å². The summed E-state index contributed by atoms with van der Waals surface area (Å²) in [6.07, 6.45) is 103. The van der Waals surface area contributed by atoms with Crippen LogP contribution in [0.3, 0.4) is 0 Å². The summed E-state index contributed by atoms with van der Waals surface area (Å²) >= 11 is 0. The molecule has 0 aliphatic carbocycles. The maximum Gasteiger partial charge on any atom is 0.472 e. The van der Waals surface area contributed by atoms with E-state index in [2.05, 4.69) is 191 Å². The van der Waals surface area contributed by atoms with E-state index in [0.29, 0.717) is 19.3 Å². The van der Waals surface area contributed by atoms with Gasteiger partial charge in [-0.1, -0.05) is 319 Å². The molecule has 0 rings (SSSR count). The number of rotatable bonds is 77. The van der Waals surface area contributed by atoms with Crippen molar-refractivity contribution in [3.8, 4) is 0 Å². The lowest BCUT2D eigenvalue weighted by atomic mass is 10.0. The minimum Gasteiger partial charge on any atom is -0.463 e. The van der Waals surface area contributed by atoms with Crippen LogP contribution in [-0.4, -0.2) is 95.9 Å². The van der Waals surface area contributed by atoms with E-state index in [0.717, 1.165) is 180 Å². The highest BCUT2D eigenvalue weighted by atomic mass is 31.2. The van der Waals surface area contributed by atoms with Crippen LogP contribution in [0.15, 0.2) is 170 Å². The van der Waals surface area contributed by atoms with Crippen molar-refractivity contribution in [3.63, 3.8) is 0 Å². The van der Waals surface area contributed by atoms with Gasteiger partial charge in [-0.3, -0.25) is 32.5 Å². The van der Waals surface area contributed by atoms with Crippen molar-refractivity contribution in [1.29, 1.82) is 0 Å². The number of phosphoric ester groups is 2. The Hall–Kier alpha value is -5.09. The van der Waals surface area contributed by atoms with E-state index in [1.54, 1.807) is 0 Å². The number of carbonyl (C=O) groups is 3. The average molecular weight is 1540 g/mol. The third-order valence-corrected chi connectivity index (χ3v) is 18.8. The molecule has 0 saturated carbocycles. The molecule has 0 spiro atoms. The fraction of sp³-hybridized carbons (Fsp3) is 0.652. The summed E-state index contributed by atoms with van der Waals surface area (Å²) < 4.78 is 61.2. The second-order valence-electron chi connectivity index (χ2n) is 27.1. The van der Waals surface area contributed by atoms with Gasteiger partial charge < -0.3 is 34.2 Å². The predicted molar refractivity (Wildman–Crippen MR) is 445 cm³/mol. The first-order chi connectivity index (χ1) is 52.2. The molecule has 0 aliphatic heterocycles. The number of ether oxygens (including phenoxy) is 3. The number of phosphoric acid groups is 2. The molecule has 0 aromatic heterocycles. The van der Waals surface area contributed by atoms with Crippen molar-refractivity contribution < 1.29 is 75.8 Å². The number of unbranched alkanes of at least 4 members (excludes halogenated alkanes) is 26. The van der Waals surface area contributed by atoms with E-state index in [-0.39, 0.29) is 19.3 Å². The molecule has 18 heteroatoms. The van der Waals surface area contributed by atoms with Crippen LogP contribution in [0.2, 0.25) is 0 Å². The van der Waals surface area contributed by atoms with Gasteiger partial charge in [0.1, 0.15) is 25.4 Å². The highest BCUT2D eigenvalue weighted by Crippen LogP contribution is 2.45. The number of esters is 3. The second kappa shape index (κ2) is 80.4. The van der Waals surface area contributed by atoms with Crippen LogP contribution in [0.1, 0.15) is 316 Å². The lowest BCUT2D eigenvalue weighted by Crippen LogP contribution is -2.30. The molecule has 5 atom stereocenters. The van der Waals surface area contributed by atoms with Crippen LogP contribution in [0, 0.1) is 0 Å². The molecule has 0 aliphatic rings. The average Bonchev–Trinajstić information content (AvgIpc) is 0.904. The summed E-state index contributed by atoms with van der Waals surface area (Å²) in [5, 5.41) is 20.7. The van der Waals surface area contributed by atoms with Crippen LogP contribution in [0.4, 0.5) is 0 Å². The molecule has 0 saturated heterocycles. The zero-order chi connectivity index (χ0) is 78.0. The van der Waals surface area contributed by atoms with Crippen molar-refractivity contribution in [2.75, 3.05) is 39.6 Å². The van der Waals surface area contributed by atoms with Crippen LogP contribution < -0.4 is 0 Å². The summed E-state index contributed by atoms with van der Waals surface area (Å²) in [5.41, 5.74) is 0. The minimum absolute atomic E-state index is 0.0763. The van der Waals surface area contributed by atoms with Gasteiger partial charge >= 0.3 is 33.6 Å². The quantitative estimate of drug-likeness (QED) is 0.0146. The topological polar surface area (TPSA) is 231 Å². The van der Waals surface area contributed by atoms with Gasteiger partial charge in [0.25, 0.3) is 0 Å². The Morgan fingerprint density at radius 2 is 0.467 bits per heavy atom. The first-order valence-electron chi connectivity index (χ1n) is 41.4. The van der Waals surface area contributed by atoms with Gasteiger partial charge in [-0.05, 0) is 148 Å². The van der Waals surface area contributed by atoms with Crippen LogP contribution in [-0.2, 0) is 55.8 Å². The molecule has 0 aromatic carbocycles. The van der Waals surface area contributed by atoms with Gasteiger partial charge in [-0.25, -0.2) is 9.13 Å². The maximum absolute atomic E-state index is 13.0. The van der Waals surface area contributed by atoms with Gasteiger partial charge in [0, 0.05) is 19.3 Å². The summed E-state index contributed by atoms with van der Waals surface area (Å²) in [7, 11) is -9.81. The highest BCUT2D eigenvalue weighted by molar-refractivity contribution is 7.47. The fourth-order valence-electron chi connectivity index (χ4n) is 10.7. The molecule has 0 radical (unpaired) electrons. The van der Waals surface area contributed by atoms with Gasteiger partial charge in [-0.15, -0.1) is 0 Å². The minimum atomic E-state index is -4.95. The highest BCUT2D eigenvalue weighted by Gasteiger charge is 2.29. The fourth-order valence-corrected chi connectivity index (χ4v) is 12.3. The molecule has 0 fully saturated rings. The Morgan fingerprint density at radius 1 is 0.262 bits per heavy atom. The number of aliphatic hydroxyl groups is 2. The van der Waals surface area contributed by atoms with Crippen molar-refractivity contribution in [2.45, 2.75) is 334 Å². The molecule has 610 valence electrons. The molecule has 5 unspecified atom stereocenters. The van der Waals surface area contributed by atoms with Crippen LogP contribution >= 0.6 is 15.6 Å². The number of aliphatic hydroxyl groups excluding tert-OH is 2. The lowest BCUT2D eigenvalue weighted by Gasteiger charge is -2.21. The van der Waals surface area contributed by atoms with Gasteiger partial charge in [0.15, 0.2) is 6.10 Å². The molecule has 0 amide bonds. The SMILES string of the molecule is CC/C=C\C/C=C\C/C=C\C/C=C\C/C=C\C/C=C\CCCCCCCCC(=O)OCC(COP(=O)(O)OCC(O)COP(=O)(O)OCC(O)COC(=O)CCCCCCCCCCCCCCCCC/C=C\C/C=C\C/C=C\C/C=C\C/C=C\CC)OC(=O)CCCCCCC/C=C\C/C=C\C/C=C\CC. The number of allylic oxidation sites excluding steroid dienone is 28. The molecule has 0 aromatic rings. The third-order valence-electron chi connectivity index (χ3n) is 16.9. The second-order valence-corrected chi connectivity index (χ2v) is 30.0. The van der Waals surface area contributed by atoms with Crippen LogP contribution in [0.5, 0.6) is 0 Å². The first-order valence-corrected chi connectivity index (χ1v) is 44.4. The Morgan fingerprint density at radius 3 is 0.738 bits per heavy atom. The summed E-state index contributed by atoms with van der Waals surface area (Å²) in [4.78, 5) is 58.7. The number of carbonyl (C=O) groups excluding carboxylic acids is 3.